The highest BCUT2D eigenvalue weighted by atomic mass is 35.5. The van der Waals surface area contributed by atoms with Gasteiger partial charge in [0.2, 0.25) is 0 Å². The largest absolute Gasteiger partial charge is 0.410 e. The molecule has 2 amide bonds. The maximum atomic E-state index is 14.3. The second kappa shape index (κ2) is 5.57. The highest BCUT2D eigenvalue weighted by Gasteiger charge is 2.60. The van der Waals surface area contributed by atoms with Gasteiger partial charge in [-0.05, 0) is 43.9 Å². The van der Waals surface area contributed by atoms with E-state index in [0.29, 0.717) is 12.8 Å². The van der Waals surface area contributed by atoms with Gasteiger partial charge in [0.05, 0.1) is 6.54 Å². The number of carbonyl (C=O) groups excluding carboxylic acids is 1. The highest BCUT2D eigenvalue weighted by molar-refractivity contribution is 6.30. The number of fused-ring (bicyclic) bond motifs is 1. The number of anilines is 1. The van der Waals surface area contributed by atoms with Gasteiger partial charge in [0, 0.05) is 28.2 Å². The Morgan fingerprint density at radius 1 is 1.24 bits per heavy atom. The van der Waals surface area contributed by atoms with E-state index in [1.54, 1.807) is 0 Å². The number of halogens is 4. The molecule has 2 fully saturated rings. The number of carbonyl (C=O) groups is 1. The Labute approximate surface area is 148 Å². The van der Waals surface area contributed by atoms with Crippen LogP contribution in [-0.2, 0) is 5.41 Å². The van der Waals surface area contributed by atoms with Gasteiger partial charge in [0.1, 0.15) is 0 Å². The first-order chi connectivity index (χ1) is 11.8. The van der Waals surface area contributed by atoms with Crippen LogP contribution in [0, 0.1) is 17.8 Å². The standard InChI is InChI=1S/C18H16ClF3N2O/c19-12-3-6-15-14(9-12)17(18(20,21)22,8-7-11-1-2-11)10-24(13-4-5-13)16(25)23-15/h3,6,9,11,13H,1-2,4-5,10H2,(H,23,25). The zero-order chi connectivity index (χ0) is 17.8. The van der Waals surface area contributed by atoms with E-state index in [9.17, 15) is 18.0 Å². The van der Waals surface area contributed by atoms with Crippen molar-refractivity contribution in [3.8, 4) is 11.8 Å². The molecule has 3 nitrogen and oxygen atoms in total. The van der Waals surface area contributed by atoms with Gasteiger partial charge in [-0.2, -0.15) is 13.2 Å². The Balaban J connectivity index is 1.92. The molecule has 0 aromatic heterocycles. The molecule has 1 aliphatic heterocycles. The number of benzene rings is 1. The summed E-state index contributed by atoms with van der Waals surface area (Å²) < 4.78 is 43.0. The van der Waals surface area contributed by atoms with Gasteiger partial charge in [-0.3, -0.25) is 0 Å². The summed E-state index contributed by atoms with van der Waals surface area (Å²) in [6.45, 7) is -0.500. The summed E-state index contributed by atoms with van der Waals surface area (Å²) in [6, 6.07) is 3.51. The van der Waals surface area contributed by atoms with E-state index in [2.05, 4.69) is 17.2 Å². The monoisotopic (exact) mass is 368 g/mol. The molecule has 1 heterocycles. The molecule has 1 N–H and O–H groups in total. The Morgan fingerprint density at radius 2 is 1.96 bits per heavy atom. The Hall–Kier alpha value is -1.87. The van der Waals surface area contributed by atoms with Crippen LogP contribution in [0.5, 0.6) is 0 Å². The summed E-state index contributed by atoms with van der Waals surface area (Å²) in [4.78, 5) is 13.8. The number of nitrogens with zero attached hydrogens (tertiary/aromatic N) is 1. The van der Waals surface area contributed by atoms with Crippen LogP contribution in [0.25, 0.3) is 0 Å². The Morgan fingerprint density at radius 3 is 2.56 bits per heavy atom. The molecule has 1 aromatic rings. The number of nitrogens with one attached hydrogen (secondary N) is 1. The van der Waals surface area contributed by atoms with Crippen molar-refractivity contribution in [3.63, 3.8) is 0 Å². The fourth-order valence-corrected chi connectivity index (χ4v) is 3.30. The smallest absolute Gasteiger partial charge is 0.319 e. The van der Waals surface area contributed by atoms with E-state index >= 15 is 0 Å². The average Bonchev–Trinajstić information content (AvgIpc) is 3.40. The second-order valence-corrected chi connectivity index (χ2v) is 7.36. The van der Waals surface area contributed by atoms with E-state index in [1.165, 1.54) is 23.1 Å². The first kappa shape index (κ1) is 16.6. The van der Waals surface area contributed by atoms with E-state index in [-0.39, 0.29) is 28.2 Å². The van der Waals surface area contributed by atoms with Crippen LogP contribution >= 0.6 is 11.6 Å². The predicted molar refractivity (Wildman–Crippen MR) is 88.4 cm³/mol. The van der Waals surface area contributed by atoms with Crippen molar-refractivity contribution in [2.24, 2.45) is 5.92 Å². The molecule has 1 atom stereocenters. The summed E-state index contributed by atoms with van der Waals surface area (Å²) in [5.41, 5.74) is -2.38. The average molecular weight is 369 g/mol. The van der Waals surface area contributed by atoms with Crippen molar-refractivity contribution in [1.82, 2.24) is 4.90 Å². The molecule has 4 rings (SSSR count). The van der Waals surface area contributed by atoms with Crippen LogP contribution < -0.4 is 5.32 Å². The number of urea groups is 1. The van der Waals surface area contributed by atoms with Crippen molar-refractivity contribution in [1.29, 1.82) is 0 Å². The normalized spacial score (nSPS) is 26.2. The molecular weight excluding hydrogens is 353 g/mol. The van der Waals surface area contributed by atoms with Crippen molar-refractivity contribution < 1.29 is 18.0 Å². The summed E-state index contributed by atoms with van der Waals surface area (Å²) >= 11 is 5.99. The van der Waals surface area contributed by atoms with Gasteiger partial charge in [0.15, 0.2) is 5.41 Å². The molecular formula is C18H16ClF3N2O. The minimum Gasteiger partial charge on any atom is -0.319 e. The minimum atomic E-state index is -4.63. The van der Waals surface area contributed by atoms with Crippen molar-refractivity contribution >= 4 is 23.3 Å². The number of amides is 2. The van der Waals surface area contributed by atoms with Gasteiger partial charge < -0.3 is 10.2 Å². The zero-order valence-electron chi connectivity index (χ0n) is 13.3. The lowest BCUT2D eigenvalue weighted by Crippen LogP contribution is -2.51. The summed E-state index contributed by atoms with van der Waals surface area (Å²) in [7, 11) is 0. The maximum Gasteiger partial charge on any atom is 0.410 e. The van der Waals surface area contributed by atoms with Crippen LogP contribution in [-0.4, -0.2) is 29.7 Å². The second-order valence-electron chi connectivity index (χ2n) is 6.93. The van der Waals surface area contributed by atoms with Gasteiger partial charge >= 0.3 is 12.2 Å². The van der Waals surface area contributed by atoms with Gasteiger partial charge in [-0.1, -0.05) is 23.4 Å². The Bertz CT molecular complexity index is 790. The summed E-state index contributed by atoms with van der Waals surface area (Å²) in [6.07, 6.45) is -1.55. The molecule has 0 radical (unpaired) electrons. The molecule has 2 saturated carbocycles. The first-order valence-electron chi connectivity index (χ1n) is 8.27. The van der Waals surface area contributed by atoms with E-state index in [4.69, 9.17) is 11.6 Å². The fourth-order valence-electron chi connectivity index (χ4n) is 3.13. The molecule has 1 aromatic carbocycles. The predicted octanol–water partition coefficient (Wildman–Crippen LogP) is 4.56. The zero-order valence-corrected chi connectivity index (χ0v) is 14.0. The summed E-state index contributed by atoms with van der Waals surface area (Å²) in [5, 5.41) is 2.80. The van der Waals surface area contributed by atoms with Crippen molar-refractivity contribution in [3.05, 3.63) is 28.8 Å². The molecule has 25 heavy (non-hydrogen) atoms. The molecule has 0 bridgehead atoms. The van der Waals surface area contributed by atoms with Crippen LogP contribution in [0.15, 0.2) is 18.2 Å². The third-order valence-corrected chi connectivity index (χ3v) is 5.13. The maximum absolute atomic E-state index is 14.3. The number of hydrogen-bond donors (Lipinski definition) is 1. The lowest BCUT2D eigenvalue weighted by molar-refractivity contribution is -0.175. The third-order valence-electron chi connectivity index (χ3n) is 4.89. The van der Waals surface area contributed by atoms with E-state index in [1.807, 2.05) is 0 Å². The lowest BCUT2D eigenvalue weighted by atomic mass is 9.78. The van der Waals surface area contributed by atoms with Crippen molar-refractivity contribution in [2.75, 3.05) is 11.9 Å². The lowest BCUT2D eigenvalue weighted by Gasteiger charge is -2.34. The van der Waals surface area contributed by atoms with E-state index < -0.39 is 24.2 Å². The number of alkyl halides is 3. The fraction of sp³-hybridized carbons (Fsp3) is 0.500. The molecule has 7 heteroatoms. The highest BCUT2D eigenvalue weighted by Crippen LogP contribution is 2.48. The number of rotatable bonds is 1. The molecule has 2 aliphatic carbocycles. The van der Waals surface area contributed by atoms with Crippen molar-refractivity contribution in [2.45, 2.75) is 43.3 Å². The summed E-state index contributed by atoms with van der Waals surface area (Å²) in [5.74, 6) is 5.32. The SMILES string of the molecule is O=C1Nc2ccc(Cl)cc2C(C#CC2CC2)(C(F)(F)F)CN1C1CC1. The Kier molecular flexibility index (Phi) is 3.69. The topological polar surface area (TPSA) is 32.3 Å². The first-order valence-corrected chi connectivity index (χ1v) is 8.65. The van der Waals surface area contributed by atoms with Gasteiger partial charge in [-0.25, -0.2) is 4.79 Å². The molecule has 0 spiro atoms. The third kappa shape index (κ3) is 2.95. The van der Waals surface area contributed by atoms with E-state index in [0.717, 1.165) is 12.8 Å². The molecule has 1 unspecified atom stereocenters. The van der Waals surface area contributed by atoms with Crippen LogP contribution in [0.1, 0.15) is 31.2 Å². The molecule has 132 valence electrons. The molecule has 0 saturated heterocycles. The minimum absolute atomic E-state index is 0.0168. The molecule has 3 aliphatic rings. The van der Waals surface area contributed by atoms with Crippen LogP contribution in [0.3, 0.4) is 0 Å². The van der Waals surface area contributed by atoms with Crippen LogP contribution in [0.4, 0.5) is 23.7 Å². The van der Waals surface area contributed by atoms with Gasteiger partial charge in [-0.15, -0.1) is 0 Å². The van der Waals surface area contributed by atoms with Crippen LogP contribution in [0.2, 0.25) is 5.02 Å². The van der Waals surface area contributed by atoms with Gasteiger partial charge in [0.25, 0.3) is 0 Å². The number of hydrogen-bond acceptors (Lipinski definition) is 1. The quantitative estimate of drug-likeness (QED) is 0.724.